The molecular formula is C20H19N3O4S. The molecule has 1 atom stereocenters. The highest BCUT2D eigenvalue weighted by atomic mass is 32.2. The summed E-state index contributed by atoms with van der Waals surface area (Å²) in [5, 5.41) is 3.86. The van der Waals surface area contributed by atoms with Gasteiger partial charge in [-0.1, -0.05) is 11.2 Å². The number of carbonyl (C=O) groups excluding carboxylic acids is 1. The third kappa shape index (κ3) is 3.43. The first-order valence-corrected chi connectivity index (χ1v) is 9.77. The standard InChI is InChI=1S/C20H19N3O4S/c1-25-16-6-5-13(10-18(16)26-2)20-23(8-9-28-20)19(24)15-11-17(27-22-15)14-4-3-7-21-12-14/h3-7,10-12,20H,8-9H2,1-2H3. The van der Waals surface area contributed by atoms with Crippen LogP contribution in [0.25, 0.3) is 11.3 Å². The fourth-order valence-corrected chi connectivity index (χ4v) is 4.37. The summed E-state index contributed by atoms with van der Waals surface area (Å²) in [6, 6.07) is 11.0. The van der Waals surface area contributed by atoms with Gasteiger partial charge in [-0.05, 0) is 29.8 Å². The Balaban J connectivity index is 1.58. The third-order valence-electron chi connectivity index (χ3n) is 4.52. The average molecular weight is 397 g/mol. The number of rotatable bonds is 5. The summed E-state index contributed by atoms with van der Waals surface area (Å²) in [5.74, 6) is 2.50. The molecule has 2 aromatic heterocycles. The van der Waals surface area contributed by atoms with Gasteiger partial charge in [0.05, 0.1) is 14.2 Å². The number of pyridine rings is 1. The van der Waals surface area contributed by atoms with Gasteiger partial charge >= 0.3 is 0 Å². The molecule has 0 radical (unpaired) electrons. The molecule has 28 heavy (non-hydrogen) atoms. The van der Waals surface area contributed by atoms with Crippen LogP contribution in [0.2, 0.25) is 0 Å². The van der Waals surface area contributed by atoms with Gasteiger partial charge in [0.1, 0.15) is 5.37 Å². The molecule has 7 nitrogen and oxygen atoms in total. The van der Waals surface area contributed by atoms with Crippen molar-refractivity contribution in [3.8, 4) is 22.8 Å². The van der Waals surface area contributed by atoms with Crippen LogP contribution in [0, 0.1) is 0 Å². The van der Waals surface area contributed by atoms with Gasteiger partial charge in [0.2, 0.25) is 0 Å². The Morgan fingerprint density at radius 2 is 2.07 bits per heavy atom. The molecule has 1 amide bonds. The monoisotopic (exact) mass is 397 g/mol. The van der Waals surface area contributed by atoms with E-state index in [0.717, 1.165) is 16.9 Å². The summed E-state index contributed by atoms with van der Waals surface area (Å²) in [4.78, 5) is 18.9. The van der Waals surface area contributed by atoms with Crippen LogP contribution in [0.3, 0.4) is 0 Å². The summed E-state index contributed by atoms with van der Waals surface area (Å²) < 4.78 is 16.1. The second-order valence-electron chi connectivity index (χ2n) is 6.15. The lowest BCUT2D eigenvalue weighted by atomic mass is 10.1. The fourth-order valence-electron chi connectivity index (χ4n) is 3.13. The molecule has 1 aliphatic heterocycles. The number of benzene rings is 1. The number of ether oxygens (including phenoxy) is 2. The number of amides is 1. The highest BCUT2D eigenvalue weighted by molar-refractivity contribution is 7.99. The van der Waals surface area contributed by atoms with E-state index >= 15 is 0 Å². The lowest BCUT2D eigenvalue weighted by molar-refractivity contribution is 0.0750. The molecule has 1 saturated heterocycles. The lowest BCUT2D eigenvalue weighted by Crippen LogP contribution is -2.30. The molecule has 3 heterocycles. The second-order valence-corrected chi connectivity index (χ2v) is 7.34. The zero-order valence-electron chi connectivity index (χ0n) is 15.5. The minimum Gasteiger partial charge on any atom is -0.493 e. The van der Waals surface area contributed by atoms with Gasteiger partial charge in [-0.15, -0.1) is 11.8 Å². The van der Waals surface area contributed by atoms with Gasteiger partial charge in [-0.25, -0.2) is 0 Å². The van der Waals surface area contributed by atoms with Crippen molar-refractivity contribution in [2.24, 2.45) is 0 Å². The van der Waals surface area contributed by atoms with Crippen molar-refractivity contribution in [3.05, 3.63) is 60.0 Å². The molecule has 1 fully saturated rings. The maximum absolute atomic E-state index is 13.1. The molecular weight excluding hydrogens is 378 g/mol. The van der Waals surface area contributed by atoms with Crippen LogP contribution < -0.4 is 9.47 Å². The highest BCUT2D eigenvalue weighted by Crippen LogP contribution is 2.41. The lowest BCUT2D eigenvalue weighted by Gasteiger charge is -2.23. The quantitative estimate of drug-likeness (QED) is 0.650. The number of methoxy groups -OCH3 is 2. The van der Waals surface area contributed by atoms with Crippen LogP contribution in [0.15, 0.2) is 53.3 Å². The average Bonchev–Trinajstić information content (AvgIpc) is 3.43. The van der Waals surface area contributed by atoms with E-state index in [-0.39, 0.29) is 17.0 Å². The first-order valence-electron chi connectivity index (χ1n) is 8.73. The van der Waals surface area contributed by atoms with Crippen LogP contribution in [0.4, 0.5) is 0 Å². The van der Waals surface area contributed by atoms with Gasteiger partial charge in [0.25, 0.3) is 5.91 Å². The van der Waals surface area contributed by atoms with Gasteiger partial charge in [-0.3, -0.25) is 9.78 Å². The molecule has 8 heteroatoms. The smallest absolute Gasteiger partial charge is 0.277 e. The molecule has 0 N–H and O–H groups in total. The molecule has 1 aliphatic rings. The van der Waals surface area contributed by atoms with Crippen LogP contribution in [-0.2, 0) is 0 Å². The SMILES string of the molecule is COc1ccc(C2SCCN2C(=O)c2cc(-c3cccnc3)on2)cc1OC. The van der Waals surface area contributed by atoms with Gasteiger partial charge in [-0.2, -0.15) is 0 Å². The number of hydrogen-bond acceptors (Lipinski definition) is 7. The zero-order valence-corrected chi connectivity index (χ0v) is 16.3. The minimum atomic E-state index is -0.163. The fraction of sp³-hybridized carbons (Fsp3) is 0.250. The number of nitrogens with zero attached hydrogens (tertiary/aromatic N) is 3. The first-order chi connectivity index (χ1) is 13.7. The minimum absolute atomic E-state index is 0.120. The molecule has 144 valence electrons. The van der Waals surface area contributed by atoms with Crippen molar-refractivity contribution in [2.75, 3.05) is 26.5 Å². The van der Waals surface area contributed by atoms with Crippen molar-refractivity contribution in [1.29, 1.82) is 0 Å². The van der Waals surface area contributed by atoms with Gasteiger partial charge in [0, 0.05) is 36.3 Å². The van der Waals surface area contributed by atoms with E-state index in [0.29, 0.717) is 23.8 Å². The Labute approximate surface area is 166 Å². The zero-order chi connectivity index (χ0) is 19.5. The van der Waals surface area contributed by atoms with E-state index in [1.807, 2.05) is 30.3 Å². The molecule has 0 bridgehead atoms. The van der Waals surface area contributed by atoms with E-state index in [9.17, 15) is 4.79 Å². The van der Waals surface area contributed by atoms with Crippen molar-refractivity contribution in [1.82, 2.24) is 15.0 Å². The summed E-state index contributed by atoms with van der Waals surface area (Å²) >= 11 is 1.70. The summed E-state index contributed by atoms with van der Waals surface area (Å²) in [7, 11) is 3.20. The Morgan fingerprint density at radius 1 is 1.21 bits per heavy atom. The Bertz CT molecular complexity index is 977. The van der Waals surface area contributed by atoms with E-state index < -0.39 is 0 Å². The Morgan fingerprint density at radius 3 is 2.82 bits per heavy atom. The topological polar surface area (TPSA) is 77.7 Å². The van der Waals surface area contributed by atoms with Gasteiger partial charge in [0.15, 0.2) is 23.0 Å². The van der Waals surface area contributed by atoms with E-state index in [2.05, 4.69) is 10.1 Å². The van der Waals surface area contributed by atoms with Crippen LogP contribution in [0.1, 0.15) is 21.4 Å². The molecule has 0 spiro atoms. The van der Waals surface area contributed by atoms with Crippen molar-refractivity contribution >= 4 is 17.7 Å². The van der Waals surface area contributed by atoms with E-state index in [1.165, 1.54) is 0 Å². The van der Waals surface area contributed by atoms with E-state index in [1.54, 1.807) is 49.3 Å². The van der Waals surface area contributed by atoms with Crippen LogP contribution in [-0.4, -0.2) is 47.5 Å². The summed E-state index contributed by atoms with van der Waals surface area (Å²) in [5.41, 5.74) is 2.04. The summed E-state index contributed by atoms with van der Waals surface area (Å²) in [6.45, 7) is 0.637. The maximum Gasteiger partial charge on any atom is 0.277 e. The predicted octanol–water partition coefficient (Wildman–Crippen LogP) is 3.64. The number of thioether (sulfide) groups is 1. The maximum atomic E-state index is 13.1. The normalized spacial score (nSPS) is 16.2. The molecule has 1 unspecified atom stereocenters. The van der Waals surface area contributed by atoms with E-state index in [4.69, 9.17) is 14.0 Å². The third-order valence-corrected chi connectivity index (χ3v) is 5.78. The van der Waals surface area contributed by atoms with Crippen LogP contribution >= 0.6 is 11.8 Å². The molecule has 0 aliphatic carbocycles. The second kappa shape index (κ2) is 7.93. The molecule has 0 saturated carbocycles. The van der Waals surface area contributed by atoms with Crippen molar-refractivity contribution in [2.45, 2.75) is 5.37 Å². The first kappa shape index (κ1) is 18.4. The summed E-state index contributed by atoms with van der Waals surface area (Å²) in [6.07, 6.45) is 3.36. The largest absolute Gasteiger partial charge is 0.493 e. The molecule has 1 aromatic carbocycles. The highest BCUT2D eigenvalue weighted by Gasteiger charge is 2.33. The van der Waals surface area contributed by atoms with Crippen molar-refractivity contribution < 1.29 is 18.8 Å². The molecule has 4 rings (SSSR count). The Hall–Kier alpha value is -3.00. The van der Waals surface area contributed by atoms with Crippen molar-refractivity contribution in [3.63, 3.8) is 0 Å². The predicted molar refractivity (Wildman–Crippen MR) is 106 cm³/mol. The van der Waals surface area contributed by atoms with Gasteiger partial charge < -0.3 is 18.9 Å². The van der Waals surface area contributed by atoms with Crippen LogP contribution in [0.5, 0.6) is 11.5 Å². The number of hydrogen-bond donors (Lipinski definition) is 0. The number of aromatic nitrogens is 2. The Kier molecular flexibility index (Phi) is 5.21. The number of carbonyl (C=O) groups is 1. The molecule has 3 aromatic rings.